The standard InChI is InChI=1S/C26H36F3N3O4/c1-17(26(27,28)29)19-14-13-18-10-7-8-11-20(35-6)12-9-15-30-23(31-24(34)36-25(2,3)4)32(5)22(33)21(18)16-19/h13-14,16,20H,1,7-12,15H2,2-6H3,(H,30,31,34). The molecule has 1 N–H and O–H groups in total. The second kappa shape index (κ2) is 12.4. The lowest BCUT2D eigenvalue weighted by molar-refractivity contribution is -0.0686. The third-order valence-electron chi connectivity index (χ3n) is 5.77. The third-order valence-corrected chi connectivity index (χ3v) is 5.77. The van der Waals surface area contributed by atoms with Gasteiger partial charge in [0.2, 0.25) is 5.96 Å². The van der Waals surface area contributed by atoms with Crippen LogP contribution in [0.15, 0.2) is 29.8 Å². The Bertz CT molecular complexity index is 984. The summed E-state index contributed by atoms with van der Waals surface area (Å²) in [6.45, 7) is 8.57. The molecule has 1 aliphatic heterocycles. The largest absolute Gasteiger partial charge is 0.444 e. The Labute approximate surface area is 210 Å². The van der Waals surface area contributed by atoms with E-state index in [1.165, 1.54) is 25.2 Å². The van der Waals surface area contributed by atoms with Crippen molar-refractivity contribution < 1.29 is 32.2 Å². The number of methoxy groups -OCH3 is 1. The summed E-state index contributed by atoms with van der Waals surface area (Å²) in [7, 11) is 3.07. The first-order valence-corrected chi connectivity index (χ1v) is 12.0. The molecule has 1 unspecified atom stereocenters. The minimum Gasteiger partial charge on any atom is -0.444 e. The molecule has 10 heteroatoms. The van der Waals surface area contributed by atoms with Crippen LogP contribution in [0.25, 0.3) is 5.57 Å². The molecular weight excluding hydrogens is 475 g/mol. The molecule has 0 spiro atoms. The highest BCUT2D eigenvalue weighted by Crippen LogP contribution is 2.33. The van der Waals surface area contributed by atoms with Gasteiger partial charge in [-0.15, -0.1) is 0 Å². The number of rotatable bonds is 2. The highest BCUT2D eigenvalue weighted by atomic mass is 19.4. The first-order valence-electron chi connectivity index (χ1n) is 12.0. The molecular formula is C26H36F3N3O4. The fraction of sp³-hybridized carbons (Fsp3) is 0.577. The van der Waals surface area contributed by atoms with Crippen LogP contribution >= 0.6 is 0 Å². The molecule has 0 saturated heterocycles. The molecule has 1 atom stereocenters. The Morgan fingerprint density at radius 1 is 1.17 bits per heavy atom. The van der Waals surface area contributed by atoms with E-state index in [1.807, 2.05) is 0 Å². The number of benzene rings is 1. The molecule has 0 radical (unpaired) electrons. The summed E-state index contributed by atoms with van der Waals surface area (Å²) in [4.78, 5) is 31.5. The van der Waals surface area contributed by atoms with Gasteiger partial charge in [-0.25, -0.2) is 4.79 Å². The van der Waals surface area contributed by atoms with Gasteiger partial charge in [0.25, 0.3) is 5.91 Å². The van der Waals surface area contributed by atoms with Gasteiger partial charge in [0.15, 0.2) is 0 Å². The van der Waals surface area contributed by atoms with Crippen LogP contribution in [0.5, 0.6) is 0 Å². The number of hydrogen-bond acceptors (Lipinski definition) is 5. The van der Waals surface area contributed by atoms with Crippen molar-refractivity contribution >= 4 is 23.5 Å². The summed E-state index contributed by atoms with van der Waals surface area (Å²) in [5.74, 6) is -0.644. The zero-order chi connectivity index (χ0) is 27.1. The van der Waals surface area contributed by atoms with Crippen LogP contribution in [0, 0.1) is 0 Å². The Hall–Kier alpha value is -2.88. The van der Waals surface area contributed by atoms with Crippen LogP contribution < -0.4 is 5.32 Å². The van der Waals surface area contributed by atoms with E-state index in [-0.39, 0.29) is 23.2 Å². The Morgan fingerprint density at radius 2 is 1.83 bits per heavy atom. The van der Waals surface area contributed by atoms with E-state index in [4.69, 9.17) is 9.47 Å². The Morgan fingerprint density at radius 3 is 2.44 bits per heavy atom. The van der Waals surface area contributed by atoms with E-state index in [2.05, 4.69) is 16.9 Å². The van der Waals surface area contributed by atoms with Gasteiger partial charge in [0, 0.05) is 26.3 Å². The van der Waals surface area contributed by atoms with E-state index in [0.29, 0.717) is 24.9 Å². The number of allylic oxidation sites excluding steroid dienone is 1. The van der Waals surface area contributed by atoms with Crippen molar-refractivity contribution in [3.8, 4) is 0 Å². The molecule has 1 heterocycles. The van der Waals surface area contributed by atoms with Crippen LogP contribution in [0.1, 0.15) is 74.4 Å². The molecule has 7 nitrogen and oxygen atoms in total. The topological polar surface area (TPSA) is 80.2 Å². The van der Waals surface area contributed by atoms with E-state index in [1.54, 1.807) is 27.9 Å². The number of nitrogens with zero attached hydrogens (tertiary/aromatic N) is 2. The van der Waals surface area contributed by atoms with Crippen molar-refractivity contribution in [3.63, 3.8) is 0 Å². The van der Waals surface area contributed by atoms with E-state index < -0.39 is 29.4 Å². The maximum Gasteiger partial charge on any atom is 0.416 e. The van der Waals surface area contributed by atoms with Gasteiger partial charge in [0.1, 0.15) is 5.60 Å². The van der Waals surface area contributed by atoms with Crippen LogP contribution in [0.2, 0.25) is 0 Å². The Balaban J connectivity index is 2.48. The quantitative estimate of drug-likeness (QED) is 0.549. The summed E-state index contributed by atoms with van der Waals surface area (Å²) in [6.07, 6.45) is -1.08. The average molecular weight is 512 g/mol. The maximum atomic E-state index is 13.5. The zero-order valence-corrected chi connectivity index (χ0v) is 21.6. The van der Waals surface area contributed by atoms with Crippen LogP contribution in [-0.4, -0.2) is 61.4 Å². The lowest BCUT2D eigenvalue weighted by Gasteiger charge is -2.25. The summed E-state index contributed by atoms with van der Waals surface area (Å²) in [6, 6.07) is 4.07. The highest BCUT2D eigenvalue weighted by Gasteiger charge is 2.34. The number of carbonyl (C=O) groups excluding carboxylic acids is 2. The second-order valence-electron chi connectivity index (χ2n) is 9.79. The van der Waals surface area contributed by atoms with E-state index in [0.717, 1.165) is 30.6 Å². The molecule has 1 aromatic rings. The van der Waals surface area contributed by atoms with Gasteiger partial charge in [-0.3, -0.25) is 20.0 Å². The number of carbonyl (C=O) groups is 2. The number of hydrogen-bond donors (Lipinski definition) is 1. The van der Waals surface area contributed by atoms with Gasteiger partial charge in [0.05, 0.1) is 11.7 Å². The molecule has 0 fully saturated rings. The van der Waals surface area contributed by atoms with Gasteiger partial charge >= 0.3 is 12.3 Å². The van der Waals surface area contributed by atoms with E-state index >= 15 is 0 Å². The molecule has 1 aromatic carbocycles. The number of nitrogens with one attached hydrogen (secondary N) is 1. The first-order chi connectivity index (χ1) is 16.7. The fourth-order valence-electron chi connectivity index (χ4n) is 3.82. The molecule has 1 aliphatic rings. The van der Waals surface area contributed by atoms with Gasteiger partial charge < -0.3 is 9.47 Å². The van der Waals surface area contributed by atoms with Gasteiger partial charge in [-0.2, -0.15) is 13.2 Å². The number of halogens is 3. The van der Waals surface area contributed by atoms with Crippen molar-refractivity contribution in [2.24, 2.45) is 4.99 Å². The maximum absolute atomic E-state index is 13.5. The molecule has 0 aliphatic carbocycles. The van der Waals surface area contributed by atoms with Crippen molar-refractivity contribution in [2.45, 2.75) is 77.2 Å². The minimum absolute atomic E-state index is 0.0433. The van der Waals surface area contributed by atoms with Gasteiger partial charge in [-0.1, -0.05) is 25.1 Å². The van der Waals surface area contributed by atoms with Crippen LogP contribution in [0.3, 0.4) is 0 Å². The van der Waals surface area contributed by atoms with Crippen molar-refractivity contribution in [1.82, 2.24) is 10.2 Å². The number of aliphatic imine (C=N–C) groups is 1. The number of fused-ring (bicyclic) bond motifs is 1. The highest BCUT2D eigenvalue weighted by molar-refractivity contribution is 6.09. The van der Waals surface area contributed by atoms with Crippen molar-refractivity contribution in [3.05, 3.63) is 41.5 Å². The summed E-state index contributed by atoms with van der Waals surface area (Å²) in [5, 5.41) is 2.52. The lowest BCUT2D eigenvalue weighted by atomic mass is 9.95. The number of aryl methyl sites for hydroxylation is 1. The van der Waals surface area contributed by atoms with Crippen molar-refractivity contribution in [1.29, 1.82) is 0 Å². The molecule has 2 amide bonds. The SMILES string of the molecule is C=C(c1ccc2c(c1)C(=O)N(C)C(NC(=O)OC(C)(C)C)=NCCCC(OC)CCCC2)C(F)(F)F. The predicted octanol–water partition coefficient (Wildman–Crippen LogP) is 5.74. The molecule has 2 rings (SSSR count). The fourth-order valence-corrected chi connectivity index (χ4v) is 3.82. The predicted molar refractivity (Wildman–Crippen MR) is 133 cm³/mol. The number of ether oxygens (including phenoxy) is 2. The molecule has 36 heavy (non-hydrogen) atoms. The molecule has 0 saturated carbocycles. The molecule has 200 valence electrons. The summed E-state index contributed by atoms with van der Waals surface area (Å²) in [5.41, 5.74) is -1.31. The van der Waals surface area contributed by atoms with E-state index in [9.17, 15) is 22.8 Å². The van der Waals surface area contributed by atoms with Crippen molar-refractivity contribution in [2.75, 3.05) is 20.7 Å². The number of alkyl carbamates (subject to hydrolysis) is 1. The normalized spacial score (nSPS) is 18.6. The average Bonchev–Trinajstić information content (AvgIpc) is 2.78. The number of alkyl halides is 3. The molecule has 0 aromatic heterocycles. The monoisotopic (exact) mass is 511 g/mol. The number of amides is 2. The third kappa shape index (κ3) is 8.65. The lowest BCUT2D eigenvalue weighted by Crippen LogP contribution is -2.47. The first kappa shape index (κ1) is 29.4. The number of guanidine groups is 1. The minimum atomic E-state index is -4.63. The smallest absolute Gasteiger partial charge is 0.416 e. The van der Waals surface area contributed by atoms with Crippen LogP contribution in [-0.2, 0) is 15.9 Å². The summed E-state index contributed by atoms with van der Waals surface area (Å²) < 4.78 is 50.8. The second-order valence-corrected chi connectivity index (χ2v) is 9.79. The zero-order valence-electron chi connectivity index (χ0n) is 21.6. The van der Waals surface area contributed by atoms with Crippen LogP contribution in [0.4, 0.5) is 18.0 Å². The summed E-state index contributed by atoms with van der Waals surface area (Å²) >= 11 is 0. The molecule has 0 bridgehead atoms. The Kier molecular flexibility index (Phi) is 10.1. The van der Waals surface area contributed by atoms with Gasteiger partial charge in [-0.05, 0) is 70.1 Å².